The van der Waals surface area contributed by atoms with Crippen LogP contribution in [0.25, 0.3) is 0 Å². The van der Waals surface area contributed by atoms with E-state index in [4.69, 9.17) is 20.7 Å². The Morgan fingerprint density at radius 2 is 1.30 bits per heavy atom. The maximum absolute atomic E-state index is 8.83. The van der Waals surface area contributed by atoms with Crippen molar-refractivity contribution in [3.8, 4) is 12.1 Å². The first-order valence-electron chi connectivity index (χ1n) is 2.82. The first kappa shape index (κ1) is 8.90. The number of rotatable bonds is 3. The summed E-state index contributed by atoms with van der Waals surface area (Å²) < 4.78 is 0. The predicted octanol–water partition coefficient (Wildman–Crippen LogP) is -0.464. The molecule has 0 aliphatic rings. The summed E-state index contributed by atoms with van der Waals surface area (Å²) in [6, 6.07) is 3.37. The Labute approximate surface area is 58.9 Å². The maximum atomic E-state index is 8.83. The average Bonchev–Trinajstić information content (AvgIpc) is 1.89. The molecular weight excluding hydrogens is 132 g/mol. The Bertz CT molecular complexity index is 148. The van der Waals surface area contributed by atoms with Crippen molar-refractivity contribution < 1.29 is 10.2 Å². The minimum atomic E-state index is -1.09. The molecule has 0 aliphatic heterocycles. The van der Waals surface area contributed by atoms with Crippen LogP contribution in [0, 0.1) is 22.7 Å². The fourth-order valence-electron chi connectivity index (χ4n) is 0.459. The van der Waals surface area contributed by atoms with Crippen molar-refractivity contribution in [1.82, 2.24) is 0 Å². The molecule has 4 nitrogen and oxygen atoms in total. The van der Waals surface area contributed by atoms with Crippen molar-refractivity contribution in [1.29, 1.82) is 10.5 Å². The third-order valence-corrected chi connectivity index (χ3v) is 1.05. The normalized spacial score (nSPS) is 14.8. The van der Waals surface area contributed by atoms with Crippen LogP contribution in [-0.2, 0) is 0 Å². The van der Waals surface area contributed by atoms with E-state index in [-0.39, 0.29) is 12.8 Å². The SMILES string of the molecule is N#CC[C@@H](O)[C@H](O)CC#N. The van der Waals surface area contributed by atoms with Crippen molar-refractivity contribution in [2.75, 3.05) is 0 Å². The smallest absolute Gasteiger partial charge is 0.0938 e. The molecular formula is C6H8N2O2. The third kappa shape index (κ3) is 3.03. The van der Waals surface area contributed by atoms with E-state index < -0.39 is 12.2 Å². The summed E-state index contributed by atoms with van der Waals surface area (Å²) in [5.74, 6) is 0. The van der Waals surface area contributed by atoms with Crippen LogP contribution in [0.3, 0.4) is 0 Å². The van der Waals surface area contributed by atoms with Gasteiger partial charge in [0.2, 0.25) is 0 Å². The summed E-state index contributed by atoms with van der Waals surface area (Å²) in [5, 5.41) is 33.7. The molecule has 0 spiro atoms. The van der Waals surface area contributed by atoms with Gasteiger partial charge in [0.1, 0.15) is 0 Å². The van der Waals surface area contributed by atoms with Gasteiger partial charge in [-0.05, 0) is 0 Å². The highest BCUT2D eigenvalue weighted by molar-refractivity contribution is 4.85. The van der Waals surface area contributed by atoms with Gasteiger partial charge >= 0.3 is 0 Å². The van der Waals surface area contributed by atoms with Crippen LogP contribution >= 0.6 is 0 Å². The fraction of sp³-hybridized carbons (Fsp3) is 0.667. The average molecular weight is 140 g/mol. The second-order valence-corrected chi connectivity index (χ2v) is 1.86. The molecule has 0 rings (SSSR count). The molecule has 54 valence electrons. The van der Waals surface area contributed by atoms with Gasteiger partial charge < -0.3 is 10.2 Å². The summed E-state index contributed by atoms with van der Waals surface area (Å²) in [6.45, 7) is 0. The lowest BCUT2D eigenvalue weighted by Crippen LogP contribution is -2.24. The predicted molar refractivity (Wildman–Crippen MR) is 32.5 cm³/mol. The molecule has 0 aliphatic carbocycles. The standard InChI is InChI=1S/C6H8N2O2/c7-3-1-5(9)6(10)2-4-8/h5-6,9-10H,1-2H2/t5-,6-/m1/s1. The van der Waals surface area contributed by atoms with E-state index in [2.05, 4.69) is 0 Å². The van der Waals surface area contributed by atoms with Gasteiger partial charge in [-0.2, -0.15) is 10.5 Å². The zero-order valence-electron chi connectivity index (χ0n) is 5.36. The van der Waals surface area contributed by atoms with Crippen LogP contribution < -0.4 is 0 Å². The second kappa shape index (κ2) is 4.75. The van der Waals surface area contributed by atoms with Gasteiger partial charge in [-0.15, -0.1) is 0 Å². The van der Waals surface area contributed by atoms with Gasteiger partial charge in [-0.1, -0.05) is 0 Å². The van der Waals surface area contributed by atoms with Crippen molar-refractivity contribution in [2.24, 2.45) is 0 Å². The van der Waals surface area contributed by atoms with E-state index in [1.165, 1.54) is 0 Å². The number of nitrogens with zero attached hydrogens (tertiary/aromatic N) is 2. The molecule has 0 aromatic rings. The lowest BCUT2D eigenvalue weighted by atomic mass is 10.1. The lowest BCUT2D eigenvalue weighted by molar-refractivity contribution is 0.0259. The minimum Gasteiger partial charge on any atom is -0.389 e. The molecule has 0 saturated heterocycles. The highest BCUT2D eigenvalue weighted by Crippen LogP contribution is 2.00. The highest BCUT2D eigenvalue weighted by Gasteiger charge is 2.14. The Morgan fingerprint density at radius 3 is 1.50 bits per heavy atom. The quantitative estimate of drug-likeness (QED) is 0.555. The summed E-state index contributed by atoms with van der Waals surface area (Å²) in [6.07, 6.45) is -2.46. The van der Waals surface area contributed by atoms with Gasteiger partial charge in [0.05, 0.1) is 37.2 Å². The molecule has 2 atom stereocenters. The number of nitriles is 2. The third-order valence-electron chi connectivity index (χ3n) is 1.05. The van der Waals surface area contributed by atoms with Gasteiger partial charge in [-0.25, -0.2) is 0 Å². The van der Waals surface area contributed by atoms with E-state index in [9.17, 15) is 0 Å². The number of hydrogen-bond donors (Lipinski definition) is 2. The Hall–Kier alpha value is -1.10. The molecule has 0 heterocycles. The second-order valence-electron chi connectivity index (χ2n) is 1.86. The Morgan fingerprint density at radius 1 is 1.00 bits per heavy atom. The van der Waals surface area contributed by atoms with E-state index >= 15 is 0 Å². The Kier molecular flexibility index (Phi) is 4.23. The largest absolute Gasteiger partial charge is 0.389 e. The van der Waals surface area contributed by atoms with Crippen LogP contribution in [0.15, 0.2) is 0 Å². The topological polar surface area (TPSA) is 88.0 Å². The summed E-state index contributed by atoms with van der Waals surface area (Å²) >= 11 is 0. The van der Waals surface area contributed by atoms with E-state index in [0.717, 1.165) is 0 Å². The molecule has 0 unspecified atom stereocenters. The monoisotopic (exact) mass is 140 g/mol. The van der Waals surface area contributed by atoms with Crippen molar-refractivity contribution in [2.45, 2.75) is 25.0 Å². The summed E-state index contributed by atoms with van der Waals surface area (Å²) in [4.78, 5) is 0. The van der Waals surface area contributed by atoms with Crippen LogP contribution in [0.2, 0.25) is 0 Å². The highest BCUT2D eigenvalue weighted by atomic mass is 16.3. The summed E-state index contributed by atoms with van der Waals surface area (Å²) in [7, 11) is 0. The van der Waals surface area contributed by atoms with Crippen molar-refractivity contribution in [3.63, 3.8) is 0 Å². The zero-order valence-corrected chi connectivity index (χ0v) is 5.36. The molecule has 0 fully saturated rings. The molecule has 0 aromatic carbocycles. The summed E-state index contributed by atoms with van der Waals surface area (Å²) in [5.41, 5.74) is 0. The van der Waals surface area contributed by atoms with Crippen LogP contribution in [0.5, 0.6) is 0 Å². The van der Waals surface area contributed by atoms with Crippen LogP contribution in [-0.4, -0.2) is 22.4 Å². The number of hydrogen-bond acceptors (Lipinski definition) is 4. The van der Waals surface area contributed by atoms with E-state index in [1.54, 1.807) is 12.1 Å². The fourth-order valence-corrected chi connectivity index (χ4v) is 0.459. The molecule has 4 heteroatoms. The molecule has 0 aromatic heterocycles. The first-order valence-corrected chi connectivity index (χ1v) is 2.82. The molecule has 2 N–H and O–H groups in total. The van der Waals surface area contributed by atoms with Crippen LogP contribution in [0.1, 0.15) is 12.8 Å². The Balaban J connectivity index is 3.63. The molecule has 0 radical (unpaired) electrons. The first-order chi connectivity index (χ1) is 4.72. The van der Waals surface area contributed by atoms with Crippen LogP contribution in [0.4, 0.5) is 0 Å². The van der Waals surface area contributed by atoms with Gasteiger partial charge in [0.25, 0.3) is 0 Å². The van der Waals surface area contributed by atoms with E-state index in [0.29, 0.717) is 0 Å². The zero-order chi connectivity index (χ0) is 7.98. The molecule has 0 bridgehead atoms. The maximum Gasteiger partial charge on any atom is 0.0938 e. The molecule has 0 saturated carbocycles. The number of aliphatic hydroxyl groups excluding tert-OH is 2. The van der Waals surface area contributed by atoms with Gasteiger partial charge in [-0.3, -0.25) is 0 Å². The van der Waals surface area contributed by atoms with Crippen molar-refractivity contribution >= 4 is 0 Å². The lowest BCUT2D eigenvalue weighted by Gasteiger charge is -2.09. The minimum absolute atomic E-state index is 0.136. The number of aliphatic hydroxyl groups is 2. The molecule has 0 amide bonds. The van der Waals surface area contributed by atoms with Gasteiger partial charge in [0, 0.05) is 0 Å². The molecule has 10 heavy (non-hydrogen) atoms. The van der Waals surface area contributed by atoms with Gasteiger partial charge in [0.15, 0.2) is 0 Å². The van der Waals surface area contributed by atoms with E-state index in [1.807, 2.05) is 0 Å². The van der Waals surface area contributed by atoms with Crippen molar-refractivity contribution in [3.05, 3.63) is 0 Å².